The van der Waals surface area contributed by atoms with Crippen LogP contribution in [0.3, 0.4) is 0 Å². The molecule has 1 rings (SSSR count). The lowest BCUT2D eigenvalue weighted by Crippen LogP contribution is -2.28. The van der Waals surface area contributed by atoms with Crippen LogP contribution >= 0.6 is 11.6 Å². The van der Waals surface area contributed by atoms with Crippen LogP contribution in [0.25, 0.3) is 0 Å². The van der Waals surface area contributed by atoms with Crippen LogP contribution in [0.5, 0.6) is 0 Å². The number of hydrogen-bond acceptors (Lipinski definition) is 4. The van der Waals surface area contributed by atoms with Gasteiger partial charge in [-0.25, -0.2) is 13.1 Å². The van der Waals surface area contributed by atoms with E-state index in [4.69, 9.17) is 21.1 Å². The highest BCUT2D eigenvalue weighted by Crippen LogP contribution is 2.11. The van der Waals surface area contributed by atoms with E-state index in [2.05, 4.69) is 4.72 Å². The van der Waals surface area contributed by atoms with Gasteiger partial charge in [-0.2, -0.15) is 0 Å². The molecule has 1 unspecified atom stereocenters. The summed E-state index contributed by atoms with van der Waals surface area (Å²) >= 11 is 5.36. The quantitative estimate of drug-likeness (QED) is 0.501. The Morgan fingerprint density at radius 3 is 2.94 bits per heavy atom. The van der Waals surface area contributed by atoms with Crippen molar-refractivity contribution >= 4 is 21.6 Å². The molecule has 1 heterocycles. The molecule has 1 N–H and O–H groups in total. The number of hydrogen-bond donors (Lipinski definition) is 1. The Kier molecular flexibility index (Phi) is 7.38. The van der Waals surface area contributed by atoms with Crippen LogP contribution in [0, 0.1) is 0 Å². The van der Waals surface area contributed by atoms with Crippen molar-refractivity contribution < 1.29 is 17.9 Å². The highest BCUT2D eigenvalue weighted by molar-refractivity contribution is 7.89. The van der Waals surface area contributed by atoms with Gasteiger partial charge in [-0.05, 0) is 19.3 Å². The van der Waals surface area contributed by atoms with Gasteiger partial charge in [0.25, 0.3) is 0 Å². The number of sulfonamides is 1. The molecule has 0 bridgehead atoms. The third-order valence-electron chi connectivity index (χ3n) is 2.46. The number of rotatable bonds is 9. The van der Waals surface area contributed by atoms with Gasteiger partial charge in [0, 0.05) is 25.6 Å². The van der Waals surface area contributed by atoms with Crippen molar-refractivity contribution in [2.75, 3.05) is 38.0 Å². The molecule has 1 saturated heterocycles. The van der Waals surface area contributed by atoms with E-state index in [0.717, 1.165) is 19.4 Å². The SMILES string of the molecule is O=S(=O)(CCCl)NCCCOCC1CCCO1. The molecule has 17 heavy (non-hydrogen) atoms. The zero-order chi connectivity index (χ0) is 12.6. The molecule has 0 aromatic heterocycles. The van der Waals surface area contributed by atoms with Crippen molar-refractivity contribution in [2.24, 2.45) is 0 Å². The maximum atomic E-state index is 11.2. The normalized spacial score (nSPS) is 20.9. The van der Waals surface area contributed by atoms with Gasteiger partial charge in [-0.15, -0.1) is 11.6 Å². The van der Waals surface area contributed by atoms with E-state index in [1.165, 1.54) is 0 Å². The fourth-order valence-electron chi connectivity index (χ4n) is 1.57. The van der Waals surface area contributed by atoms with Crippen LogP contribution in [0.15, 0.2) is 0 Å². The second-order valence-corrected chi connectivity index (χ2v) is 6.27. The molecule has 0 amide bonds. The topological polar surface area (TPSA) is 64.6 Å². The van der Waals surface area contributed by atoms with Gasteiger partial charge in [0.15, 0.2) is 0 Å². The molecule has 1 atom stereocenters. The van der Waals surface area contributed by atoms with Crippen molar-refractivity contribution in [1.82, 2.24) is 4.72 Å². The summed E-state index contributed by atoms with van der Waals surface area (Å²) in [6.45, 7) is 2.37. The summed E-state index contributed by atoms with van der Waals surface area (Å²) in [6.07, 6.45) is 3.05. The van der Waals surface area contributed by atoms with E-state index in [1.54, 1.807) is 0 Å². The minimum absolute atomic E-state index is 0.0364. The van der Waals surface area contributed by atoms with Crippen molar-refractivity contribution in [3.63, 3.8) is 0 Å². The van der Waals surface area contributed by atoms with Crippen molar-refractivity contribution in [2.45, 2.75) is 25.4 Å². The Hall–Kier alpha value is 0.120. The predicted octanol–water partition coefficient (Wildman–Crippen LogP) is 0.730. The van der Waals surface area contributed by atoms with Crippen molar-refractivity contribution in [3.05, 3.63) is 0 Å². The average Bonchev–Trinajstić information content (AvgIpc) is 2.76. The zero-order valence-corrected chi connectivity index (χ0v) is 11.4. The molecular formula is C10H20ClNO4S. The Labute approximate surface area is 108 Å². The monoisotopic (exact) mass is 285 g/mol. The maximum Gasteiger partial charge on any atom is 0.212 e. The third kappa shape index (κ3) is 7.21. The highest BCUT2D eigenvalue weighted by atomic mass is 35.5. The smallest absolute Gasteiger partial charge is 0.212 e. The van der Waals surface area contributed by atoms with Gasteiger partial charge < -0.3 is 9.47 Å². The maximum absolute atomic E-state index is 11.2. The molecule has 0 aromatic rings. The minimum atomic E-state index is -3.20. The molecule has 1 aliphatic rings. The summed E-state index contributed by atoms with van der Waals surface area (Å²) in [7, 11) is -3.20. The largest absolute Gasteiger partial charge is 0.379 e. The summed E-state index contributed by atoms with van der Waals surface area (Å²) < 4.78 is 35.7. The zero-order valence-electron chi connectivity index (χ0n) is 9.86. The van der Waals surface area contributed by atoms with Crippen LogP contribution in [0.1, 0.15) is 19.3 Å². The van der Waals surface area contributed by atoms with Gasteiger partial charge in [-0.1, -0.05) is 0 Å². The number of halogens is 1. The molecule has 5 nitrogen and oxygen atoms in total. The van der Waals surface area contributed by atoms with E-state index in [9.17, 15) is 8.42 Å². The molecule has 1 fully saturated rings. The number of alkyl halides is 1. The second-order valence-electron chi connectivity index (χ2n) is 3.97. The van der Waals surface area contributed by atoms with Crippen molar-refractivity contribution in [1.29, 1.82) is 0 Å². The van der Waals surface area contributed by atoms with Gasteiger partial charge in [-0.3, -0.25) is 0 Å². The Morgan fingerprint density at radius 1 is 1.47 bits per heavy atom. The van der Waals surface area contributed by atoms with Crippen LogP contribution in [0.2, 0.25) is 0 Å². The van der Waals surface area contributed by atoms with Gasteiger partial charge >= 0.3 is 0 Å². The lowest BCUT2D eigenvalue weighted by molar-refractivity contribution is 0.0169. The van der Waals surface area contributed by atoms with E-state index in [-0.39, 0.29) is 17.7 Å². The lowest BCUT2D eigenvalue weighted by atomic mass is 10.2. The number of ether oxygens (including phenoxy) is 2. The van der Waals surface area contributed by atoms with Crippen LogP contribution in [-0.4, -0.2) is 52.5 Å². The third-order valence-corrected chi connectivity index (χ3v) is 4.26. The average molecular weight is 286 g/mol. The predicted molar refractivity (Wildman–Crippen MR) is 66.9 cm³/mol. The molecule has 0 aliphatic carbocycles. The highest BCUT2D eigenvalue weighted by Gasteiger charge is 2.15. The number of nitrogens with one attached hydrogen (secondary N) is 1. The van der Waals surface area contributed by atoms with E-state index < -0.39 is 10.0 Å². The van der Waals surface area contributed by atoms with Gasteiger partial charge in [0.2, 0.25) is 10.0 Å². The summed E-state index contributed by atoms with van der Waals surface area (Å²) in [4.78, 5) is 0. The molecule has 0 radical (unpaired) electrons. The summed E-state index contributed by atoms with van der Waals surface area (Å²) in [5.74, 6) is 0.0795. The minimum Gasteiger partial charge on any atom is -0.379 e. The molecule has 0 spiro atoms. The van der Waals surface area contributed by atoms with Crippen LogP contribution in [0.4, 0.5) is 0 Å². The lowest BCUT2D eigenvalue weighted by Gasteiger charge is -2.10. The standard InChI is InChI=1S/C10H20ClNO4S/c11-4-8-17(13,14)12-5-2-6-15-9-10-3-1-7-16-10/h10,12H,1-9H2. The van der Waals surface area contributed by atoms with Crippen LogP contribution < -0.4 is 4.72 Å². The second kappa shape index (κ2) is 8.26. The van der Waals surface area contributed by atoms with E-state index >= 15 is 0 Å². The van der Waals surface area contributed by atoms with Crippen molar-refractivity contribution in [3.8, 4) is 0 Å². The Balaban J connectivity index is 1.93. The first kappa shape index (κ1) is 15.2. The first-order valence-corrected chi connectivity index (χ1v) is 8.05. The van der Waals surface area contributed by atoms with Crippen LogP contribution in [-0.2, 0) is 19.5 Å². The molecule has 7 heteroatoms. The first-order chi connectivity index (χ1) is 8.14. The fraction of sp³-hybridized carbons (Fsp3) is 1.00. The van der Waals surface area contributed by atoms with Gasteiger partial charge in [0.1, 0.15) is 0 Å². The Morgan fingerprint density at radius 2 is 2.29 bits per heavy atom. The first-order valence-electron chi connectivity index (χ1n) is 5.87. The van der Waals surface area contributed by atoms with E-state index in [1.807, 2.05) is 0 Å². The fourth-order valence-corrected chi connectivity index (χ4v) is 2.98. The molecule has 1 aliphatic heterocycles. The molecule has 0 aromatic carbocycles. The van der Waals surface area contributed by atoms with Gasteiger partial charge in [0.05, 0.1) is 18.5 Å². The summed E-state index contributed by atoms with van der Waals surface area (Å²) in [5, 5.41) is 0. The molecule has 0 saturated carbocycles. The Bertz CT molecular complexity index is 291. The molecule has 102 valence electrons. The summed E-state index contributed by atoms with van der Waals surface area (Å²) in [5.41, 5.74) is 0. The molecular weight excluding hydrogens is 266 g/mol. The van der Waals surface area contributed by atoms with E-state index in [0.29, 0.717) is 26.2 Å². The summed E-state index contributed by atoms with van der Waals surface area (Å²) in [6, 6.07) is 0.